The molecule has 1 fully saturated rings. The van der Waals surface area contributed by atoms with Crippen LogP contribution in [0.5, 0.6) is 5.75 Å². The quantitative estimate of drug-likeness (QED) is 0.901. The summed E-state index contributed by atoms with van der Waals surface area (Å²) in [6.07, 6.45) is 2.02. The zero-order valence-corrected chi connectivity index (χ0v) is 14.1. The van der Waals surface area contributed by atoms with Gasteiger partial charge in [-0.05, 0) is 50.7 Å². The SMILES string of the molecule is Cc1ccc2c(c1C)OCC2NC(=O)NC(C)C1CCOCC1. The monoisotopic (exact) mass is 318 g/mol. The lowest BCUT2D eigenvalue weighted by atomic mass is 9.93. The van der Waals surface area contributed by atoms with Gasteiger partial charge in [-0.1, -0.05) is 12.1 Å². The van der Waals surface area contributed by atoms with Crippen LogP contribution in [0.1, 0.15) is 42.5 Å². The standard InChI is InChI=1S/C18H26N2O3/c1-11-4-5-15-16(10-23-17(15)12(11)2)20-18(21)19-13(3)14-6-8-22-9-7-14/h4-5,13-14,16H,6-10H2,1-3H3,(H2,19,20,21). The van der Waals surface area contributed by atoms with Crippen LogP contribution in [0.2, 0.25) is 0 Å². The van der Waals surface area contributed by atoms with Gasteiger partial charge in [-0.2, -0.15) is 0 Å². The van der Waals surface area contributed by atoms with Crippen LogP contribution < -0.4 is 15.4 Å². The van der Waals surface area contributed by atoms with Crippen molar-refractivity contribution < 1.29 is 14.3 Å². The van der Waals surface area contributed by atoms with Crippen molar-refractivity contribution in [1.29, 1.82) is 0 Å². The summed E-state index contributed by atoms with van der Waals surface area (Å²) in [5, 5.41) is 6.12. The molecule has 0 spiro atoms. The first-order valence-corrected chi connectivity index (χ1v) is 8.44. The van der Waals surface area contributed by atoms with E-state index < -0.39 is 0 Å². The van der Waals surface area contributed by atoms with E-state index in [1.54, 1.807) is 0 Å². The number of nitrogens with one attached hydrogen (secondary N) is 2. The normalized spacial score (nSPS) is 22.1. The van der Waals surface area contributed by atoms with Gasteiger partial charge in [-0.15, -0.1) is 0 Å². The van der Waals surface area contributed by atoms with Crippen LogP contribution in [0.4, 0.5) is 4.79 Å². The lowest BCUT2D eigenvalue weighted by Gasteiger charge is -2.28. The molecule has 0 aliphatic carbocycles. The zero-order chi connectivity index (χ0) is 16.4. The summed E-state index contributed by atoms with van der Waals surface area (Å²) in [6, 6.07) is 4.09. The van der Waals surface area contributed by atoms with E-state index >= 15 is 0 Å². The summed E-state index contributed by atoms with van der Waals surface area (Å²) < 4.78 is 11.2. The lowest BCUT2D eigenvalue weighted by Crippen LogP contribution is -2.46. The molecule has 126 valence electrons. The molecular formula is C18H26N2O3. The van der Waals surface area contributed by atoms with Crippen molar-refractivity contribution in [2.24, 2.45) is 5.92 Å². The smallest absolute Gasteiger partial charge is 0.315 e. The molecule has 23 heavy (non-hydrogen) atoms. The van der Waals surface area contributed by atoms with E-state index in [1.165, 1.54) is 5.56 Å². The van der Waals surface area contributed by atoms with Crippen molar-refractivity contribution in [3.05, 3.63) is 28.8 Å². The average Bonchev–Trinajstić information content (AvgIpc) is 2.95. The minimum Gasteiger partial charge on any atom is -0.490 e. The van der Waals surface area contributed by atoms with Crippen LogP contribution in [-0.2, 0) is 4.74 Å². The molecule has 2 N–H and O–H groups in total. The molecule has 2 aliphatic heterocycles. The van der Waals surface area contributed by atoms with E-state index in [-0.39, 0.29) is 18.1 Å². The summed E-state index contributed by atoms with van der Waals surface area (Å²) in [5.41, 5.74) is 3.44. The van der Waals surface area contributed by atoms with Gasteiger partial charge in [0, 0.05) is 24.8 Å². The fourth-order valence-corrected chi connectivity index (χ4v) is 3.39. The molecule has 5 nitrogen and oxygen atoms in total. The number of rotatable bonds is 3. The Morgan fingerprint density at radius 2 is 2.00 bits per heavy atom. The number of carbonyl (C=O) groups is 1. The van der Waals surface area contributed by atoms with Crippen molar-refractivity contribution >= 4 is 6.03 Å². The number of ether oxygens (including phenoxy) is 2. The van der Waals surface area contributed by atoms with Gasteiger partial charge in [-0.25, -0.2) is 4.79 Å². The Morgan fingerprint density at radius 3 is 2.74 bits per heavy atom. The van der Waals surface area contributed by atoms with Crippen molar-refractivity contribution in [1.82, 2.24) is 10.6 Å². The number of amides is 2. The first-order chi connectivity index (χ1) is 11.1. The van der Waals surface area contributed by atoms with E-state index in [0.29, 0.717) is 12.5 Å². The molecule has 1 aromatic carbocycles. The molecule has 0 saturated carbocycles. The van der Waals surface area contributed by atoms with Gasteiger partial charge in [0.15, 0.2) is 0 Å². The van der Waals surface area contributed by atoms with E-state index in [2.05, 4.69) is 43.5 Å². The molecule has 1 aromatic rings. The van der Waals surface area contributed by atoms with E-state index in [4.69, 9.17) is 9.47 Å². The Hall–Kier alpha value is -1.75. The number of carbonyl (C=O) groups excluding carboxylic acids is 1. The molecule has 2 heterocycles. The van der Waals surface area contributed by atoms with Gasteiger partial charge in [0.2, 0.25) is 0 Å². The van der Waals surface area contributed by atoms with Gasteiger partial charge in [-0.3, -0.25) is 0 Å². The Kier molecular flexibility index (Phi) is 4.76. The van der Waals surface area contributed by atoms with Gasteiger partial charge in [0.1, 0.15) is 12.4 Å². The highest BCUT2D eigenvalue weighted by atomic mass is 16.5. The predicted molar refractivity (Wildman–Crippen MR) is 88.8 cm³/mol. The Balaban J connectivity index is 1.58. The number of hydrogen-bond acceptors (Lipinski definition) is 3. The maximum Gasteiger partial charge on any atom is 0.315 e. The van der Waals surface area contributed by atoms with Gasteiger partial charge in [0.05, 0.1) is 6.04 Å². The molecule has 0 aromatic heterocycles. The molecule has 5 heteroatoms. The molecule has 2 aliphatic rings. The molecule has 0 bridgehead atoms. The molecular weight excluding hydrogens is 292 g/mol. The maximum atomic E-state index is 12.3. The molecule has 2 atom stereocenters. The maximum absolute atomic E-state index is 12.3. The van der Waals surface area contributed by atoms with Gasteiger partial charge < -0.3 is 20.1 Å². The van der Waals surface area contributed by atoms with Crippen LogP contribution in [0.3, 0.4) is 0 Å². The number of aryl methyl sites for hydroxylation is 1. The average molecular weight is 318 g/mol. The highest BCUT2D eigenvalue weighted by Gasteiger charge is 2.28. The third kappa shape index (κ3) is 3.44. The van der Waals surface area contributed by atoms with Crippen LogP contribution in [0, 0.1) is 19.8 Å². The molecule has 2 unspecified atom stereocenters. The second kappa shape index (κ2) is 6.79. The Labute approximate surface area is 137 Å². The molecule has 0 radical (unpaired) electrons. The van der Waals surface area contributed by atoms with Gasteiger partial charge >= 0.3 is 6.03 Å². The number of hydrogen-bond donors (Lipinski definition) is 2. The molecule has 3 rings (SSSR count). The fraction of sp³-hybridized carbons (Fsp3) is 0.611. The van der Waals surface area contributed by atoms with Crippen molar-refractivity contribution in [2.75, 3.05) is 19.8 Å². The minimum absolute atomic E-state index is 0.0776. The predicted octanol–water partition coefficient (Wildman–Crippen LogP) is 2.85. The van der Waals surface area contributed by atoms with E-state index in [9.17, 15) is 4.79 Å². The summed E-state index contributed by atoms with van der Waals surface area (Å²) in [7, 11) is 0. The van der Waals surface area contributed by atoms with Crippen LogP contribution in [0.25, 0.3) is 0 Å². The van der Waals surface area contributed by atoms with Crippen LogP contribution in [-0.4, -0.2) is 31.9 Å². The van der Waals surface area contributed by atoms with Crippen LogP contribution in [0.15, 0.2) is 12.1 Å². The zero-order valence-electron chi connectivity index (χ0n) is 14.1. The lowest BCUT2D eigenvalue weighted by molar-refractivity contribution is 0.0570. The highest BCUT2D eigenvalue weighted by molar-refractivity contribution is 5.75. The Bertz CT molecular complexity index is 582. The Morgan fingerprint density at radius 1 is 1.26 bits per heavy atom. The van der Waals surface area contributed by atoms with Crippen molar-refractivity contribution in [3.8, 4) is 5.75 Å². The highest BCUT2D eigenvalue weighted by Crippen LogP contribution is 2.36. The summed E-state index contributed by atoms with van der Waals surface area (Å²) in [4.78, 5) is 12.3. The van der Waals surface area contributed by atoms with Gasteiger partial charge in [0.25, 0.3) is 0 Å². The summed E-state index contributed by atoms with van der Waals surface area (Å²) in [6.45, 7) is 8.29. The molecule has 1 saturated heterocycles. The van der Waals surface area contributed by atoms with Crippen molar-refractivity contribution in [2.45, 2.75) is 45.7 Å². The number of benzene rings is 1. The summed E-state index contributed by atoms with van der Waals surface area (Å²) >= 11 is 0. The first kappa shape index (κ1) is 16.1. The van der Waals surface area contributed by atoms with E-state index in [0.717, 1.165) is 42.9 Å². The third-order valence-electron chi connectivity index (χ3n) is 5.11. The second-order valence-electron chi connectivity index (χ2n) is 6.65. The number of urea groups is 1. The van der Waals surface area contributed by atoms with Crippen LogP contribution >= 0.6 is 0 Å². The molecule has 2 amide bonds. The number of fused-ring (bicyclic) bond motifs is 1. The summed E-state index contributed by atoms with van der Waals surface area (Å²) in [5.74, 6) is 1.42. The van der Waals surface area contributed by atoms with Crippen molar-refractivity contribution in [3.63, 3.8) is 0 Å². The largest absolute Gasteiger partial charge is 0.490 e. The topological polar surface area (TPSA) is 59.6 Å². The fourth-order valence-electron chi connectivity index (χ4n) is 3.39. The second-order valence-corrected chi connectivity index (χ2v) is 6.65. The third-order valence-corrected chi connectivity index (χ3v) is 5.11. The first-order valence-electron chi connectivity index (χ1n) is 8.44. The minimum atomic E-state index is -0.122. The van der Waals surface area contributed by atoms with E-state index in [1.807, 2.05) is 0 Å².